The molecule has 0 N–H and O–H groups in total. The van der Waals surface area contributed by atoms with Gasteiger partial charge >= 0.3 is 0 Å². The molecule has 21 heavy (non-hydrogen) atoms. The van der Waals surface area contributed by atoms with E-state index in [0.29, 0.717) is 13.2 Å². The first-order valence-corrected chi connectivity index (χ1v) is 8.10. The van der Waals surface area contributed by atoms with Crippen molar-refractivity contribution in [1.29, 1.82) is 0 Å². The Labute approximate surface area is 129 Å². The van der Waals surface area contributed by atoms with Gasteiger partial charge in [0.15, 0.2) is 11.5 Å². The highest BCUT2D eigenvalue weighted by Gasteiger charge is 2.14. The number of hydrogen-bond acceptors (Lipinski definition) is 5. The van der Waals surface area contributed by atoms with Crippen LogP contribution in [0.25, 0.3) is 10.9 Å². The van der Waals surface area contributed by atoms with Gasteiger partial charge in [0, 0.05) is 23.8 Å². The first kappa shape index (κ1) is 14.5. The fourth-order valence-corrected chi connectivity index (χ4v) is 3.37. The zero-order valence-corrected chi connectivity index (χ0v) is 13.5. The summed E-state index contributed by atoms with van der Waals surface area (Å²) >= 11 is 1.80. The molecule has 0 unspecified atom stereocenters. The largest absolute Gasteiger partial charge is 0.486 e. The molecule has 1 aromatic heterocycles. The minimum atomic E-state index is 0.606. The average molecular weight is 304 g/mol. The Bertz CT molecular complexity index is 658. The number of fused-ring (bicyclic) bond motifs is 2. The standard InChI is InChI=1S/C16H20N2O2S/c1-11-8-12-9-14-15(20-6-5-19-14)10-13(12)17-16(11)21-7-4-18(2)3/h8-10H,4-7H2,1-3H3. The Morgan fingerprint density at radius 2 is 1.86 bits per heavy atom. The number of pyridine rings is 1. The first-order valence-electron chi connectivity index (χ1n) is 7.12. The molecule has 0 atom stereocenters. The summed E-state index contributed by atoms with van der Waals surface area (Å²) in [5, 5.41) is 2.20. The normalized spacial score (nSPS) is 13.9. The lowest BCUT2D eigenvalue weighted by molar-refractivity contribution is 0.172. The Morgan fingerprint density at radius 1 is 1.14 bits per heavy atom. The van der Waals surface area contributed by atoms with E-state index in [2.05, 4.69) is 32.0 Å². The molecule has 0 spiro atoms. The Kier molecular flexibility index (Phi) is 4.22. The van der Waals surface area contributed by atoms with Crippen molar-refractivity contribution in [2.45, 2.75) is 11.9 Å². The number of hydrogen-bond donors (Lipinski definition) is 0. The van der Waals surface area contributed by atoms with Gasteiger partial charge in [0.25, 0.3) is 0 Å². The van der Waals surface area contributed by atoms with Crippen molar-refractivity contribution in [3.8, 4) is 11.5 Å². The maximum Gasteiger partial charge on any atom is 0.163 e. The van der Waals surface area contributed by atoms with E-state index in [9.17, 15) is 0 Å². The van der Waals surface area contributed by atoms with Gasteiger partial charge in [0.1, 0.15) is 13.2 Å². The quantitative estimate of drug-likeness (QED) is 0.811. The molecule has 0 amide bonds. The summed E-state index contributed by atoms with van der Waals surface area (Å²) in [6.45, 7) is 4.38. The zero-order valence-electron chi connectivity index (χ0n) is 12.7. The SMILES string of the molecule is Cc1cc2cc3c(cc2nc1SCCN(C)C)OCCO3. The third-order valence-corrected chi connectivity index (χ3v) is 4.47. The van der Waals surface area contributed by atoms with E-state index in [-0.39, 0.29) is 0 Å². The van der Waals surface area contributed by atoms with Crippen LogP contribution < -0.4 is 9.47 Å². The topological polar surface area (TPSA) is 34.6 Å². The van der Waals surface area contributed by atoms with E-state index in [1.807, 2.05) is 12.1 Å². The van der Waals surface area contributed by atoms with Crippen molar-refractivity contribution in [2.24, 2.45) is 0 Å². The van der Waals surface area contributed by atoms with Crippen LogP contribution in [0, 0.1) is 6.92 Å². The minimum Gasteiger partial charge on any atom is -0.486 e. The van der Waals surface area contributed by atoms with Crippen molar-refractivity contribution < 1.29 is 9.47 Å². The molecule has 0 saturated heterocycles. The summed E-state index contributed by atoms with van der Waals surface area (Å²) < 4.78 is 11.3. The molecule has 3 rings (SSSR count). The van der Waals surface area contributed by atoms with Crippen LogP contribution in [0.15, 0.2) is 23.2 Å². The van der Waals surface area contributed by atoms with Gasteiger partial charge in [-0.25, -0.2) is 4.98 Å². The molecule has 0 aliphatic carbocycles. The van der Waals surface area contributed by atoms with Crippen LogP contribution in [-0.2, 0) is 0 Å². The molecule has 2 aromatic rings. The third kappa shape index (κ3) is 3.24. The molecule has 1 aliphatic heterocycles. The molecular weight excluding hydrogens is 284 g/mol. The summed E-state index contributed by atoms with van der Waals surface area (Å²) in [5.74, 6) is 2.66. The van der Waals surface area contributed by atoms with Crippen LogP contribution >= 0.6 is 11.8 Å². The lowest BCUT2D eigenvalue weighted by Crippen LogP contribution is -2.15. The Balaban J connectivity index is 1.90. The van der Waals surface area contributed by atoms with Crippen LogP contribution in [0.3, 0.4) is 0 Å². The number of benzene rings is 1. The zero-order chi connectivity index (χ0) is 14.8. The van der Waals surface area contributed by atoms with Crippen molar-refractivity contribution in [3.63, 3.8) is 0 Å². The average Bonchev–Trinajstić information content (AvgIpc) is 2.45. The van der Waals surface area contributed by atoms with Crippen LogP contribution in [0.4, 0.5) is 0 Å². The lowest BCUT2D eigenvalue weighted by atomic mass is 10.1. The highest BCUT2D eigenvalue weighted by Crippen LogP contribution is 2.35. The number of nitrogens with zero attached hydrogens (tertiary/aromatic N) is 2. The van der Waals surface area contributed by atoms with Crippen LogP contribution in [0.2, 0.25) is 0 Å². The maximum absolute atomic E-state index is 5.64. The number of rotatable bonds is 4. The smallest absolute Gasteiger partial charge is 0.163 e. The number of ether oxygens (including phenoxy) is 2. The number of aromatic nitrogens is 1. The Hall–Kier alpha value is -1.46. The molecule has 1 aromatic carbocycles. The maximum atomic E-state index is 5.64. The molecule has 0 bridgehead atoms. The molecule has 4 nitrogen and oxygen atoms in total. The van der Waals surface area contributed by atoms with Gasteiger partial charge in [-0.1, -0.05) is 0 Å². The monoisotopic (exact) mass is 304 g/mol. The molecule has 0 saturated carbocycles. The summed E-state index contributed by atoms with van der Waals surface area (Å²) in [7, 11) is 4.18. The molecule has 0 radical (unpaired) electrons. The van der Waals surface area contributed by atoms with E-state index in [1.165, 1.54) is 5.56 Å². The third-order valence-electron chi connectivity index (χ3n) is 3.40. The molecule has 112 valence electrons. The number of aryl methyl sites for hydroxylation is 1. The number of thioether (sulfide) groups is 1. The molecule has 2 heterocycles. The van der Waals surface area contributed by atoms with Gasteiger partial charge in [0.2, 0.25) is 0 Å². The molecule has 5 heteroatoms. The van der Waals surface area contributed by atoms with E-state index in [1.54, 1.807) is 11.8 Å². The molecule has 0 fully saturated rings. The highest BCUT2D eigenvalue weighted by atomic mass is 32.2. The lowest BCUT2D eigenvalue weighted by Gasteiger charge is -2.19. The van der Waals surface area contributed by atoms with E-state index in [0.717, 1.165) is 39.7 Å². The summed E-state index contributed by atoms with van der Waals surface area (Å²) in [4.78, 5) is 6.97. The van der Waals surface area contributed by atoms with Gasteiger partial charge in [0.05, 0.1) is 10.5 Å². The predicted molar refractivity (Wildman–Crippen MR) is 86.7 cm³/mol. The second-order valence-electron chi connectivity index (χ2n) is 5.45. The van der Waals surface area contributed by atoms with E-state index < -0.39 is 0 Å². The molecular formula is C16H20N2O2S. The second kappa shape index (κ2) is 6.12. The van der Waals surface area contributed by atoms with Crippen LogP contribution in [-0.4, -0.2) is 49.5 Å². The van der Waals surface area contributed by atoms with Crippen LogP contribution in [0.5, 0.6) is 11.5 Å². The fraction of sp³-hybridized carbons (Fsp3) is 0.438. The highest BCUT2D eigenvalue weighted by molar-refractivity contribution is 7.99. The van der Waals surface area contributed by atoms with Crippen molar-refractivity contribution >= 4 is 22.7 Å². The second-order valence-corrected chi connectivity index (χ2v) is 6.53. The van der Waals surface area contributed by atoms with Gasteiger partial charge in [-0.2, -0.15) is 0 Å². The van der Waals surface area contributed by atoms with Crippen molar-refractivity contribution in [2.75, 3.05) is 39.6 Å². The first-order chi connectivity index (χ1) is 10.1. The minimum absolute atomic E-state index is 0.606. The predicted octanol–water partition coefficient (Wildman–Crippen LogP) is 2.97. The van der Waals surface area contributed by atoms with Gasteiger partial charge in [-0.15, -0.1) is 11.8 Å². The fourth-order valence-electron chi connectivity index (χ4n) is 2.27. The molecule has 1 aliphatic rings. The Morgan fingerprint density at radius 3 is 2.57 bits per heavy atom. The van der Waals surface area contributed by atoms with E-state index >= 15 is 0 Å². The van der Waals surface area contributed by atoms with Crippen molar-refractivity contribution in [3.05, 3.63) is 23.8 Å². The summed E-state index contributed by atoms with van der Waals surface area (Å²) in [6, 6.07) is 6.19. The van der Waals surface area contributed by atoms with Gasteiger partial charge in [-0.05, 0) is 38.7 Å². The van der Waals surface area contributed by atoms with Gasteiger partial charge in [-0.3, -0.25) is 0 Å². The van der Waals surface area contributed by atoms with Crippen LogP contribution in [0.1, 0.15) is 5.56 Å². The summed E-state index contributed by atoms with van der Waals surface area (Å²) in [5.41, 5.74) is 2.18. The summed E-state index contributed by atoms with van der Waals surface area (Å²) in [6.07, 6.45) is 0. The van der Waals surface area contributed by atoms with Crippen molar-refractivity contribution in [1.82, 2.24) is 9.88 Å². The van der Waals surface area contributed by atoms with E-state index in [4.69, 9.17) is 14.5 Å². The van der Waals surface area contributed by atoms with Gasteiger partial charge < -0.3 is 14.4 Å².